The van der Waals surface area contributed by atoms with Gasteiger partial charge in [-0.05, 0) is 48.6 Å². The lowest BCUT2D eigenvalue weighted by atomic mass is 10.1. The zero-order valence-corrected chi connectivity index (χ0v) is 15.0. The molecule has 130 valence electrons. The second kappa shape index (κ2) is 8.26. The first-order valence-corrected chi connectivity index (χ1v) is 8.50. The quantitative estimate of drug-likeness (QED) is 0.753. The second-order valence-corrected chi connectivity index (χ2v) is 6.66. The highest BCUT2D eigenvalue weighted by molar-refractivity contribution is 7.10. The third-order valence-corrected chi connectivity index (χ3v) is 4.08. The first-order chi connectivity index (χ1) is 11.9. The number of carbonyl (C=O) groups excluding carboxylic acids is 2. The Labute approximate surface area is 150 Å². The van der Waals surface area contributed by atoms with E-state index in [0.29, 0.717) is 40.0 Å². The van der Waals surface area contributed by atoms with E-state index >= 15 is 0 Å². The molecule has 1 aromatic carbocycles. The third-order valence-electron chi connectivity index (χ3n) is 3.22. The number of benzene rings is 1. The van der Waals surface area contributed by atoms with Crippen molar-refractivity contribution < 1.29 is 9.59 Å². The highest BCUT2D eigenvalue weighted by atomic mass is 32.1. The minimum Gasteiger partial charge on any atom is -0.326 e. The first-order valence-electron chi connectivity index (χ1n) is 7.73. The smallest absolute Gasteiger partial charge is 0.324 e. The normalized spacial score (nSPS) is 10.2. The van der Waals surface area contributed by atoms with Gasteiger partial charge in [-0.2, -0.15) is 9.64 Å². The Morgan fingerprint density at radius 1 is 1.16 bits per heavy atom. The molecule has 25 heavy (non-hydrogen) atoms. The average Bonchev–Trinajstić information content (AvgIpc) is 2.88. The van der Waals surface area contributed by atoms with Crippen molar-refractivity contribution in [2.75, 3.05) is 16.0 Å². The van der Waals surface area contributed by atoms with Gasteiger partial charge in [0.1, 0.15) is 16.6 Å². The van der Waals surface area contributed by atoms with Crippen molar-refractivity contribution in [2.24, 2.45) is 5.92 Å². The van der Waals surface area contributed by atoms with E-state index in [-0.39, 0.29) is 5.91 Å². The number of nitrogens with zero attached hydrogens (tertiary/aromatic N) is 2. The molecule has 0 spiro atoms. The zero-order valence-electron chi connectivity index (χ0n) is 14.2. The lowest BCUT2D eigenvalue weighted by molar-refractivity contribution is -0.116. The Morgan fingerprint density at radius 3 is 2.32 bits per heavy atom. The number of nitriles is 1. The van der Waals surface area contributed by atoms with Gasteiger partial charge < -0.3 is 10.6 Å². The Hall–Kier alpha value is -2.92. The summed E-state index contributed by atoms with van der Waals surface area (Å²) in [5.74, 6) is 0.247. The number of carbonyl (C=O) groups is 2. The van der Waals surface area contributed by atoms with Gasteiger partial charge >= 0.3 is 6.03 Å². The van der Waals surface area contributed by atoms with Crippen LogP contribution in [0.15, 0.2) is 24.3 Å². The summed E-state index contributed by atoms with van der Waals surface area (Å²) in [6, 6.07) is 8.36. The molecule has 0 saturated carbocycles. The SMILES string of the molecule is Cc1nsc(NC(=O)Nc2ccc(NC(=O)CC(C)C)cc2)c1C#N. The Kier molecular flexibility index (Phi) is 6.08. The van der Waals surface area contributed by atoms with Gasteiger partial charge in [0, 0.05) is 17.8 Å². The highest BCUT2D eigenvalue weighted by Crippen LogP contribution is 2.23. The van der Waals surface area contributed by atoms with Crippen molar-refractivity contribution in [2.45, 2.75) is 27.2 Å². The number of urea groups is 1. The van der Waals surface area contributed by atoms with Gasteiger partial charge in [-0.1, -0.05) is 13.8 Å². The number of anilines is 3. The van der Waals surface area contributed by atoms with Gasteiger partial charge in [-0.25, -0.2) is 4.79 Å². The molecule has 1 aromatic heterocycles. The van der Waals surface area contributed by atoms with E-state index < -0.39 is 6.03 Å². The fourth-order valence-electron chi connectivity index (χ4n) is 2.07. The van der Waals surface area contributed by atoms with Gasteiger partial charge in [-0.3, -0.25) is 10.1 Å². The maximum atomic E-state index is 12.0. The molecule has 0 fully saturated rings. The summed E-state index contributed by atoms with van der Waals surface area (Å²) in [6.07, 6.45) is 0.456. The lowest BCUT2D eigenvalue weighted by Gasteiger charge is -2.09. The Morgan fingerprint density at radius 2 is 1.76 bits per heavy atom. The molecule has 1 heterocycles. The molecule has 8 heteroatoms. The van der Waals surface area contributed by atoms with Crippen molar-refractivity contribution >= 4 is 39.8 Å². The fraction of sp³-hybridized carbons (Fsp3) is 0.294. The molecule has 0 aliphatic carbocycles. The molecule has 0 bridgehead atoms. The Balaban J connectivity index is 1.93. The molecule has 7 nitrogen and oxygen atoms in total. The van der Waals surface area contributed by atoms with Crippen LogP contribution in [0.4, 0.5) is 21.2 Å². The fourth-order valence-corrected chi connectivity index (χ4v) is 2.81. The van der Waals surface area contributed by atoms with Crippen LogP contribution in [-0.4, -0.2) is 16.3 Å². The first kappa shape index (κ1) is 18.4. The van der Waals surface area contributed by atoms with E-state index in [1.165, 1.54) is 0 Å². The number of rotatable bonds is 5. The minimum atomic E-state index is -0.461. The molecule has 2 aromatic rings. The molecule has 0 saturated heterocycles. The van der Waals surface area contributed by atoms with E-state index in [1.807, 2.05) is 19.9 Å². The summed E-state index contributed by atoms with van der Waals surface area (Å²) < 4.78 is 4.04. The van der Waals surface area contributed by atoms with Crippen molar-refractivity contribution in [3.05, 3.63) is 35.5 Å². The molecular weight excluding hydrogens is 338 g/mol. The highest BCUT2D eigenvalue weighted by Gasteiger charge is 2.13. The number of nitrogens with one attached hydrogen (secondary N) is 3. The minimum absolute atomic E-state index is 0.0435. The number of amides is 3. The van der Waals surface area contributed by atoms with Gasteiger partial charge in [0.15, 0.2) is 0 Å². The lowest BCUT2D eigenvalue weighted by Crippen LogP contribution is -2.19. The second-order valence-electron chi connectivity index (χ2n) is 5.89. The number of hydrogen-bond donors (Lipinski definition) is 3. The predicted molar refractivity (Wildman–Crippen MR) is 98.7 cm³/mol. The Bertz CT molecular complexity index is 805. The van der Waals surface area contributed by atoms with Crippen LogP contribution >= 0.6 is 11.5 Å². The van der Waals surface area contributed by atoms with E-state index in [0.717, 1.165) is 11.5 Å². The van der Waals surface area contributed by atoms with Crippen LogP contribution in [0.3, 0.4) is 0 Å². The van der Waals surface area contributed by atoms with Crippen LogP contribution in [0, 0.1) is 24.2 Å². The van der Waals surface area contributed by atoms with Crippen molar-refractivity contribution in [1.29, 1.82) is 5.26 Å². The van der Waals surface area contributed by atoms with Crippen LogP contribution in [0.2, 0.25) is 0 Å². The maximum Gasteiger partial charge on any atom is 0.324 e. The molecule has 2 rings (SSSR count). The molecule has 0 radical (unpaired) electrons. The molecule has 0 unspecified atom stereocenters. The molecule has 0 aliphatic heterocycles. The van der Waals surface area contributed by atoms with E-state index in [2.05, 4.69) is 20.3 Å². The number of aromatic nitrogens is 1. The van der Waals surface area contributed by atoms with Crippen LogP contribution < -0.4 is 16.0 Å². The molecule has 3 amide bonds. The topological polar surface area (TPSA) is 107 Å². The summed E-state index contributed by atoms with van der Waals surface area (Å²) in [4.78, 5) is 23.7. The molecule has 3 N–H and O–H groups in total. The van der Waals surface area contributed by atoms with Gasteiger partial charge in [0.2, 0.25) is 5.91 Å². The van der Waals surface area contributed by atoms with E-state index in [9.17, 15) is 9.59 Å². The maximum absolute atomic E-state index is 12.0. The third kappa shape index (κ3) is 5.29. The van der Waals surface area contributed by atoms with Crippen LogP contribution in [0.5, 0.6) is 0 Å². The monoisotopic (exact) mass is 357 g/mol. The summed E-state index contributed by atoms with van der Waals surface area (Å²) in [7, 11) is 0. The summed E-state index contributed by atoms with van der Waals surface area (Å²) in [5.41, 5.74) is 2.19. The van der Waals surface area contributed by atoms with Crippen LogP contribution in [0.1, 0.15) is 31.5 Å². The zero-order chi connectivity index (χ0) is 18.4. The molecule has 0 atom stereocenters. The summed E-state index contributed by atoms with van der Waals surface area (Å²) in [5, 5.41) is 17.6. The standard InChI is InChI=1S/C17H19N5O2S/c1-10(2)8-15(23)19-12-4-6-13(7-5-12)20-17(24)21-16-14(9-18)11(3)22-25-16/h4-7,10H,8H2,1-3H3,(H,19,23)(H2,20,21,24). The van der Waals surface area contributed by atoms with Crippen LogP contribution in [-0.2, 0) is 4.79 Å². The van der Waals surface area contributed by atoms with E-state index in [1.54, 1.807) is 31.2 Å². The van der Waals surface area contributed by atoms with Crippen molar-refractivity contribution in [3.63, 3.8) is 0 Å². The number of hydrogen-bond acceptors (Lipinski definition) is 5. The molecular formula is C17H19N5O2S. The van der Waals surface area contributed by atoms with Crippen molar-refractivity contribution in [1.82, 2.24) is 4.37 Å². The number of aryl methyl sites for hydroxylation is 1. The van der Waals surface area contributed by atoms with E-state index in [4.69, 9.17) is 5.26 Å². The predicted octanol–water partition coefficient (Wildman–Crippen LogP) is 3.95. The molecule has 0 aliphatic rings. The van der Waals surface area contributed by atoms with Crippen molar-refractivity contribution in [3.8, 4) is 6.07 Å². The van der Waals surface area contributed by atoms with Gasteiger partial charge in [-0.15, -0.1) is 0 Å². The summed E-state index contributed by atoms with van der Waals surface area (Å²) >= 11 is 1.06. The largest absolute Gasteiger partial charge is 0.326 e. The van der Waals surface area contributed by atoms with Gasteiger partial charge in [0.25, 0.3) is 0 Å². The van der Waals surface area contributed by atoms with Crippen LogP contribution in [0.25, 0.3) is 0 Å². The summed E-state index contributed by atoms with van der Waals surface area (Å²) in [6.45, 7) is 5.67. The average molecular weight is 357 g/mol. The van der Waals surface area contributed by atoms with Gasteiger partial charge in [0.05, 0.1) is 5.69 Å².